The number of carbonyl (C=O) groups excluding carboxylic acids is 1. The second-order valence-electron chi connectivity index (χ2n) is 0.930. The van der Waals surface area contributed by atoms with Crippen molar-refractivity contribution >= 4 is 5.97 Å². The molecule has 0 aliphatic rings. The normalized spacial score (nSPS) is 6.57. The van der Waals surface area contributed by atoms with E-state index in [2.05, 4.69) is 4.74 Å². The maximum atomic E-state index is 9.96. The van der Waals surface area contributed by atoms with Gasteiger partial charge in [-0.15, -0.1) is 0 Å². The zero-order chi connectivity index (χ0) is 4.99. The van der Waals surface area contributed by atoms with Crippen LogP contribution in [0.15, 0.2) is 0 Å². The van der Waals surface area contributed by atoms with Crippen molar-refractivity contribution in [2.75, 3.05) is 7.11 Å². The van der Waals surface area contributed by atoms with Gasteiger partial charge in [0.2, 0.25) is 0 Å². The zero-order valence-electron chi connectivity index (χ0n) is 6.02. The summed E-state index contributed by atoms with van der Waals surface area (Å²) >= 11 is 0. The number of esters is 1. The van der Waals surface area contributed by atoms with Crippen LogP contribution in [0.4, 0.5) is 0 Å². The standard InChI is InChI=1S/C4H8O2.Na.H/c1-3-4(5)6-2;;/h3H2,1-2H3;;/q;+1;-1. The number of ether oxygens (including phenoxy) is 1. The molecule has 0 aromatic heterocycles. The molecule has 0 bridgehead atoms. The number of methoxy groups -OCH3 is 1. The van der Waals surface area contributed by atoms with Crippen molar-refractivity contribution in [3.05, 3.63) is 0 Å². The van der Waals surface area contributed by atoms with E-state index in [0.29, 0.717) is 6.42 Å². The van der Waals surface area contributed by atoms with Crippen LogP contribution in [0.2, 0.25) is 0 Å². The molecule has 0 aliphatic heterocycles. The molecule has 7 heavy (non-hydrogen) atoms. The van der Waals surface area contributed by atoms with Gasteiger partial charge in [-0.2, -0.15) is 0 Å². The van der Waals surface area contributed by atoms with Gasteiger partial charge in [0.1, 0.15) is 0 Å². The molecule has 3 heteroatoms. The fraction of sp³-hybridized carbons (Fsp3) is 0.750. The molecule has 0 saturated heterocycles. The van der Waals surface area contributed by atoms with Gasteiger partial charge in [0, 0.05) is 6.42 Å². The Labute approximate surface area is 67.0 Å². The van der Waals surface area contributed by atoms with Crippen LogP contribution in [-0.2, 0) is 9.53 Å². The number of carbonyl (C=O) groups is 1. The quantitative estimate of drug-likeness (QED) is 0.281. The SMILES string of the molecule is CCC(=O)OC.[H-].[Na+]. The summed E-state index contributed by atoms with van der Waals surface area (Å²) < 4.78 is 4.26. The van der Waals surface area contributed by atoms with Crippen molar-refractivity contribution < 1.29 is 40.5 Å². The minimum Gasteiger partial charge on any atom is -1.00 e. The molecule has 0 fully saturated rings. The van der Waals surface area contributed by atoms with Gasteiger partial charge >= 0.3 is 35.5 Å². The van der Waals surface area contributed by atoms with Gasteiger partial charge in [0.05, 0.1) is 7.11 Å². The first-order valence-corrected chi connectivity index (χ1v) is 1.88. The molecule has 0 heterocycles. The average Bonchev–Trinajstić information content (AvgIpc) is 1.65. The Kier molecular flexibility index (Phi) is 9.66. The van der Waals surface area contributed by atoms with Crippen molar-refractivity contribution in [3.8, 4) is 0 Å². The Morgan fingerprint density at radius 2 is 2.29 bits per heavy atom. The molecule has 38 valence electrons. The molecule has 0 unspecified atom stereocenters. The van der Waals surface area contributed by atoms with Crippen LogP contribution in [-0.4, -0.2) is 13.1 Å². The van der Waals surface area contributed by atoms with Gasteiger partial charge in [-0.05, 0) is 0 Å². The van der Waals surface area contributed by atoms with Gasteiger partial charge < -0.3 is 6.16 Å². The fourth-order valence-electron chi connectivity index (χ4n) is 0.144. The summed E-state index contributed by atoms with van der Waals surface area (Å²) in [4.78, 5) is 9.96. The van der Waals surface area contributed by atoms with Crippen molar-refractivity contribution in [3.63, 3.8) is 0 Å². The van der Waals surface area contributed by atoms with Crippen LogP contribution in [0.25, 0.3) is 0 Å². The van der Waals surface area contributed by atoms with E-state index in [0.717, 1.165) is 0 Å². The van der Waals surface area contributed by atoms with E-state index < -0.39 is 0 Å². The van der Waals surface area contributed by atoms with E-state index in [1.54, 1.807) is 6.92 Å². The predicted octanol–water partition coefficient (Wildman–Crippen LogP) is -2.31. The summed E-state index contributed by atoms with van der Waals surface area (Å²) in [5, 5.41) is 0. The van der Waals surface area contributed by atoms with Gasteiger partial charge in [-0.25, -0.2) is 0 Å². The van der Waals surface area contributed by atoms with E-state index in [4.69, 9.17) is 0 Å². The van der Waals surface area contributed by atoms with E-state index in [-0.39, 0.29) is 37.0 Å². The third-order valence-electron chi connectivity index (χ3n) is 0.516. The van der Waals surface area contributed by atoms with Gasteiger partial charge in [-0.1, -0.05) is 6.92 Å². The van der Waals surface area contributed by atoms with Crippen molar-refractivity contribution in [2.24, 2.45) is 0 Å². The monoisotopic (exact) mass is 112 g/mol. The molecule has 0 aromatic rings. The van der Waals surface area contributed by atoms with Crippen LogP contribution in [0.5, 0.6) is 0 Å². The maximum absolute atomic E-state index is 9.96. The smallest absolute Gasteiger partial charge is 1.00 e. The van der Waals surface area contributed by atoms with Gasteiger partial charge in [-0.3, -0.25) is 4.79 Å². The van der Waals surface area contributed by atoms with Gasteiger partial charge in [0.15, 0.2) is 0 Å². The van der Waals surface area contributed by atoms with Crippen LogP contribution in [0, 0.1) is 0 Å². The molecule has 0 amide bonds. The second kappa shape index (κ2) is 6.47. The second-order valence-corrected chi connectivity index (χ2v) is 0.930. The molecule has 0 radical (unpaired) electrons. The Balaban J connectivity index is -0.000000125. The maximum Gasteiger partial charge on any atom is 1.00 e. The fourth-order valence-corrected chi connectivity index (χ4v) is 0.144. The Bertz CT molecular complexity index is 52.0. The predicted molar refractivity (Wildman–Crippen MR) is 23.4 cm³/mol. The third kappa shape index (κ3) is 6.47. The summed E-state index contributed by atoms with van der Waals surface area (Å²) in [7, 11) is 1.38. The first-order valence-electron chi connectivity index (χ1n) is 1.88. The molecule has 0 rings (SSSR count). The van der Waals surface area contributed by atoms with Crippen LogP contribution in [0.1, 0.15) is 14.8 Å². The summed E-state index contributed by atoms with van der Waals surface area (Å²) in [5.41, 5.74) is 0. The number of hydrogen-bond donors (Lipinski definition) is 0. The first-order chi connectivity index (χ1) is 2.81. The Morgan fingerprint density at radius 3 is 2.29 bits per heavy atom. The van der Waals surface area contributed by atoms with E-state index >= 15 is 0 Å². The molecule has 0 saturated carbocycles. The molecule has 0 spiro atoms. The van der Waals surface area contributed by atoms with Gasteiger partial charge in [0.25, 0.3) is 0 Å². The number of rotatable bonds is 1. The topological polar surface area (TPSA) is 26.3 Å². The van der Waals surface area contributed by atoms with E-state index in [1.165, 1.54) is 7.11 Å². The molecule has 0 atom stereocenters. The van der Waals surface area contributed by atoms with Crippen LogP contribution < -0.4 is 29.6 Å². The van der Waals surface area contributed by atoms with Crippen molar-refractivity contribution in [1.29, 1.82) is 0 Å². The third-order valence-corrected chi connectivity index (χ3v) is 0.516. The minimum atomic E-state index is -0.157. The summed E-state index contributed by atoms with van der Waals surface area (Å²) in [6, 6.07) is 0. The molecular formula is C4H9NaO2. The van der Waals surface area contributed by atoms with E-state index in [1.807, 2.05) is 0 Å². The Hall–Kier alpha value is 0.470. The zero-order valence-corrected chi connectivity index (χ0v) is 7.02. The summed E-state index contributed by atoms with van der Waals surface area (Å²) in [6.07, 6.45) is 0.469. The van der Waals surface area contributed by atoms with Crippen molar-refractivity contribution in [2.45, 2.75) is 13.3 Å². The summed E-state index contributed by atoms with van der Waals surface area (Å²) in [6.45, 7) is 1.76. The van der Waals surface area contributed by atoms with E-state index in [9.17, 15) is 4.79 Å². The molecule has 0 aromatic carbocycles. The summed E-state index contributed by atoms with van der Waals surface area (Å²) in [5.74, 6) is -0.157. The molecule has 0 aliphatic carbocycles. The molecule has 0 N–H and O–H groups in total. The Morgan fingerprint density at radius 1 is 1.86 bits per heavy atom. The minimum absolute atomic E-state index is 0. The average molecular weight is 112 g/mol. The molecule has 2 nitrogen and oxygen atoms in total. The van der Waals surface area contributed by atoms with Crippen LogP contribution >= 0.6 is 0 Å². The first kappa shape index (κ1) is 10.5. The van der Waals surface area contributed by atoms with Crippen LogP contribution in [0.3, 0.4) is 0 Å². The number of hydrogen-bond acceptors (Lipinski definition) is 2. The van der Waals surface area contributed by atoms with Crippen molar-refractivity contribution in [1.82, 2.24) is 0 Å². The largest absolute Gasteiger partial charge is 1.00 e. The molecular weight excluding hydrogens is 103 g/mol.